The summed E-state index contributed by atoms with van der Waals surface area (Å²) in [6, 6.07) is 3.39. The van der Waals surface area contributed by atoms with Gasteiger partial charge in [0.1, 0.15) is 5.82 Å². The molecule has 0 saturated carbocycles. The van der Waals surface area contributed by atoms with Gasteiger partial charge in [0.15, 0.2) is 0 Å². The van der Waals surface area contributed by atoms with Gasteiger partial charge in [-0.2, -0.15) is 4.39 Å². The van der Waals surface area contributed by atoms with Gasteiger partial charge in [0.25, 0.3) is 0 Å². The zero-order valence-corrected chi connectivity index (χ0v) is 9.55. The SMILES string of the molecule is CC(O)Cc1nccn1Cc1cccnc1F. The van der Waals surface area contributed by atoms with Crippen LogP contribution in [0.25, 0.3) is 0 Å². The van der Waals surface area contributed by atoms with Crippen LogP contribution in [0.2, 0.25) is 0 Å². The van der Waals surface area contributed by atoms with Crippen LogP contribution >= 0.6 is 0 Å². The van der Waals surface area contributed by atoms with Gasteiger partial charge in [0.2, 0.25) is 5.95 Å². The molecule has 0 aliphatic heterocycles. The van der Waals surface area contributed by atoms with Crippen LogP contribution < -0.4 is 0 Å². The Labute approximate surface area is 98.8 Å². The van der Waals surface area contributed by atoms with Crippen molar-refractivity contribution in [3.05, 3.63) is 48.1 Å². The summed E-state index contributed by atoms with van der Waals surface area (Å²) in [5.74, 6) is 0.271. The third-order valence-electron chi connectivity index (χ3n) is 2.46. The molecule has 5 heteroatoms. The topological polar surface area (TPSA) is 50.9 Å². The highest BCUT2D eigenvalue weighted by atomic mass is 19.1. The van der Waals surface area contributed by atoms with Crippen LogP contribution in [0.1, 0.15) is 18.3 Å². The van der Waals surface area contributed by atoms with Crippen LogP contribution in [0.5, 0.6) is 0 Å². The first-order valence-electron chi connectivity index (χ1n) is 5.44. The predicted molar refractivity (Wildman–Crippen MR) is 60.9 cm³/mol. The van der Waals surface area contributed by atoms with Crippen LogP contribution in [-0.4, -0.2) is 25.7 Å². The summed E-state index contributed by atoms with van der Waals surface area (Å²) >= 11 is 0. The third-order valence-corrected chi connectivity index (χ3v) is 2.46. The molecule has 0 radical (unpaired) electrons. The van der Waals surface area contributed by atoms with E-state index >= 15 is 0 Å². The number of aliphatic hydroxyl groups is 1. The normalized spacial score (nSPS) is 12.6. The summed E-state index contributed by atoms with van der Waals surface area (Å²) in [6.07, 6.45) is 4.82. The minimum atomic E-state index is -0.468. The highest BCUT2D eigenvalue weighted by Gasteiger charge is 2.09. The number of hydrogen-bond acceptors (Lipinski definition) is 3. The molecule has 2 rings (SSSR count). The van der Waals surface area contributed by atoms with E-state index in [9.17, 15) is 9.50 Å². The monoisotopic (exact) mass is 235 g/mol. The Morgan fingerprint density at radius 3 is 2.94 bits per heavy atom. The zero-order chi connectivity index (χ0) is 12.3. The Morgan fingerprint density at radius 2 is 2.24 bits per heavy atom. The number of halogens is 1. The van der Waals surface area contributed by atoms with Crippen molar-refractivity contribution in [3.63, 3.8) is 0 Å². The molecule has 4 nitrogen and oxygen atoms in total. The van der Waals surface area contributed by atoms with E-state index in [1.165, 1.54) is 6.20 Å². The molecule has 0 saturated heterocycles. The Morgan fingerprint density at radius 1 is 1.41 bits per heavy atom. The van der Waals surface area contributed by atoms with Crippen molar-refractivity contribution in [3.8, 4) is 0 Å². The molecular weight excluding hydrogens is 221 g/mol. The molecule has 2 aromatic rings. The van der Waals surface area contributed by atoms with E-state index in [-0.39, 0.29) is 0 Å². The van der Waals surface area contributed by atoms with E-state index in [0.717, 1.165) is 5.82 Å². The van der Waals surface area contributed by atoms with Gasteiger partial charge in [0.05, 0.1) is 12.6 Å². The first-order valence-corrected chi connectivity index (χ1v) is 5.44. The van der Waals surface area contributed by atoms with Gasteiger partial charge in [-0.15, -0.1) is 0 Å². The Bertz CT molecular complexity index is 496. The molecule has 0 aliphatic carbocycles. The van der Waals surface area contributed by atoms with Crippen LogP contribution in [0, 0.1) is 5.95 Å². The number of imidazole rings is 1. The minimum Gasteiger partial charge on any atom is -0.393 e. The lowest BCUT2D eigenvalue weighted by Crippen LogP contribution is -2.12. The molecular formula is C12H14FN3O. The number of aliphatic hydroxyl groups excluding tert-OH is 1. The van der Waals surface area contributed by atoms with E-state index < -0.39 is 12.1 Å². The molecule has 2 aromatic heterocycles. The Hall–Kier alpha value is -1.75. The molecule has 0 fully saturated rings. The largest absolute Gasteiger partial charge is 0.393 e. The van der Waals surface area contributed by atoms with Gasteiger partial charge in [-0.25, -0.2) is 9.97 Å². The summed E-state index contributed by atoms with van der Waals surface area (Å²) in [5, 5.41) is 9.33. The quantitative estimate of drug-likeness (QED) is 0.815. The van der Waals surface area contributed by atoms with Gasteiger partial charge in [-0.05, 0) is 13.0 Å². The molecule has 17 heavy (non-hydrogen) atoms. The lowest BCUT2D eigenvalue weighted by atomic mass is 10.2. The zero-order valence-electron chi connectivity index (χ0n) is 9.55. The molecule has 2 heterocycles. The first kappa shape index (κ1) is 11.7. The summed E-state index contributed by atoms with van der Waals surface area (Å²) < 4.78 is 15.2. The van der Waals surface area contributed by atoms with Crippen molar-refractivity contribution in [2.24, 2.45) is 0 Å². The minimum absolute atomic E-state index is 0.377. The van der Waals surface area contributed by atoms with Gasteiger partial charge >= 0.3 is 0 Å². The second-order valence-corrected chi connectivity index (χ2v) is 3.98. The summed E-state index contributed by atoms with van der Waals surface area (Å²) in [5.41, 5.74) is 0.511. The van der Waals surface area contributed by atoms with Crippen molar-refractivity contribution >= 4 is 0 Å². The molecule has 0 aliphatic rings. The number of nitrogens with zero attached hydrogens (tertiary/aromatic N) is 3. The second kappa shape index (κ2) is 5.05. The fourth-order valence-electron chi connectivity index (χ4n) is 1.66. The van der Waals surface area contributed by atoms with Crippen molar-refractivity contribution in [1.82, 2.24) is 14.5 Å². The van der Waals surface area contributed by atoms with Crippen LogP contribution in [0.4, 0.5) is 4.39 Å². The molecule has 0 amide bonds. The van der Waals surface area contributed by atoms with Crippen LogP contribution in [0.3, 0.4) is 0 Å². The lowest BCUT2D eigenvalue weighted by molar-refractivity contribution is 0.191. The average Bonchev–Trinajstić information content (AvgIpc) is 2.68. The summed E-state index contributed by atoms with van der Waals surface area (Å²) in [4.78, 5) is 7.74. The van der Waals surface area contributed by atoms with Crippen LogP contribution in [0.15, 0.2) is 30.7 Å². The van der Waals surface area contributed by atoms with E-state index in [2.05, 4.69) is 9.97 Å². The van der Waals surface area contributed by atoms with Gasteiger partial charge in [0, 0.05) is 30.6 Å². The van der Waals surface area contributed by atoms with E-state index in [0.29, 0.717) is 18.5 Å². The van der Waals surface area contributed by atoms with Crippen LogP contribution in [-0.2, 0) is 13.0 Å². The van der Waals surface area contributed by atoms with Crippen molar-refractivity contribution in [1.29, 1.82) is 0 Å². The highest BCUT2D eigenvalue weighted by molar-refractivity contribution is 5.12. The number of pyridine rings is 1. The molecule has 90 valence electrons. The number of rotatable bonds is 4. The van der Waals surface area contributed by atoms with Crippen molar-refractivity contribution in [2.75, 3.05) is 0 Å². The molecule has 1 unspecified atom stereocenters. The van der Waals surface area contributed by atoms with E-state index in [1.807, 2.05) is 4.57 Å². The van der Waals surface area contributed by atoms with Gasteiger partial charge in [-0.1, -0.05) is 6.07 Å². The highest BCUT2D eigenvalue weighted by Crippen LogP contribution is 2.09. The van der Waals surface area contributed by atoms with E-state index in [4.69, 9.17) is 0 Å². The molecule has 0 spiro atoms. The maximum atomic E-state index is 13.4. The average molecular weight is 235 g/mol. The fraction of sp³-hybridized carbons (Fsp3) is 0.333. The summed E-state index contributed by atoms with van der Waals surface area (Å²) in [6.45, 7) is 2.07. The molecule has 1 atom stereocenters. The van der Waals surface area contributed by atoms with Crippen molar-refractivity contribution < 1.29 is 9.50 Å². The summed E-state index contributed by atoms with van der Waals surface area (Å²) in [7, 11) is 0. The standard InChI is InChI=1S/C12H14FN3O/c1-9(17)7-11-14-5-6-16(11)8-10-3-2-4-15-12(10)13/h2-6,9,17H,7-8H2,1H3. The lowest BCUT2D eigenvalue weighted by Gasteiger charge is -2.09. The van der Waals surface area contributed by atoms with Gasteiger partial charge < -0.3 is 9.67 Å². The van der Waals surface area contributed by atoms with E-state index in [1.54, 1.807) is 31.5 Å². The van der Waals surface area contributed by atoms with Crippen molar-refractivity contribution in [2.45, 2.75) is 26.0 Å². The number of aromatic nitrogens is 3. The molecule has 1 N–H and O–H groups in total. The molecule has 0 aromatic carbocycles. The van der Waals surface area contributed by atoms with Gasteiger partial charge in [-0.3, -0.25) is 0 Å². The maximum absolute atomic E-state index is 13.4. The Balaban J connectivity index is 2.19. The Kier molecular flexibility index (Phi) is 3.49. The molecule has 0 bridgehead atoms. The first-order chi connectivity index (χ1) is 8.16. The third kappa shape index (κ3) is 2.88. The smallest absolute Gasteiger partial charge is 0.217 e. The number of hydrogen-bond donors (Lipinski definition) is 1. The second-order valence-electron chi connectivity index (χ2n) is 3.98. The fourth-order valence-corrected chi connectivity index (χ4v) is 1.66. The maximum Gasteiger partial charge on any atom is 0.217 e. The predicted octanol–water partition coefficient (Wildman–Crippen LogP) is 1.39.